The number of imide groups is 1. The molecule has 1 aliphatic rings. The van der Waals surface area contributed by atoms with Crippen molar-refractivity contribution in [1.82, 2.24) is 4.90 Å². The summed E-state index contributed by atoms with van der Waals surface area (Å²) < 4.78 is 10.3. The summed E-state index contributed by atoms with van der Waals surface area (Å²) in [4.78, 5) is 37.2. The van der Waals surface area contributed by atoms with Crippen LogP contribution in [0.4, 0.5) is 4.79 Å². The van der Waals surface area contributed by atoms with Crippen molar-refractivity contribution in [1.29, 1.82) is 0 Å². The Hall–Kier alpha value is -2.08. The van der Waals surface area contributed by atoms with Gasteiger partial charge in [-0.3, -0.25) is 4.79 Å². The smallest absolute Gasteiger partial charge is 0.417 e. The first kappa shape index (κ1) is 25.2. The third-order valence-electron chi connectivity index (χ3n) is 5.45. The number of nitrogens with zero attached hydrogens (tertiary/aromatic N) is 1. The molecule has 0 spiro atoms. The number of unbranched alkanes of at least 4 members (excludes halogenated alkanes) is 9. The zero-order valence-electron chi connectivity index (χ0n) is 18.7. The molecule has 0 bridgehead atoms. The van der Waals surface area contributed by atoms with Gasteiger partial charge in [0, 0.05) is 5.02 Å². The van der Waals surface area contributed by atoms with E-state index in [-0.39, 0.29) is 6.54 Å². The van der Waals surface area contributed by atoms with E-state index in [9.17, 15) is 14.4 Å². The largest absolute Gasteiger partial charge is 0.462 e. The average Bonchev–Trinajstić information content (AvgIpc) is 2.99. The summed E-state index contributed by atoms with van der Waals surface area (Å²) in [5.74, 6) is -0.854. The Bertz CT molecular complexity index is 751. The van der Waals surface area contributed by atoms with Gasteiger partial charge in [0.05, 0.1) is 18.7 Å². The minimum absolute atomic E-state index is 0.0413. The zero-order chi connectivity index (χ0) is 22.6. The molecule has 1 atom stereocenters. The molecule has 2 amide bonds. The first-order valence-corrected chi connectivity index (χ1v) is 11.8. The van der Waals surface area contributed by atoms with Gasteiger partial charge in [-0.1, -0.05) is 76.3 Å². The van der Waals surface area contributed by atoms with E-state index in [1.807, 2.05) is 0 Å². The number of benzene rings is 1. The van der Waals surface area contributed by atoms with Crippen molar-refractivity contribution in [2.24, 2.45) is 0 Å². The lowest BCUT2D eigenvalue weighted by Gasteiger charge is -2.13. The van der Waals surface area contributed by atoms with Crippen molar-refractivity contribution in [3.05, 3.63) is 34.3 Å². The predicted octanol–water partition coefficient (Wildman–Crippen LogP) is 6.29. The van der Waals surface area contributed by atoms with Gasteiger partial charge in [-0.2, -0.15) is 0 Å². The molecule has 0 aromatic heterocycles. The van der Waals surface area contributed by atoms with Crippen molar-refractivity contribution in [3.63, 3.8) is 0 Å². The van der Waals surface area contributed by atoms with Gasteiger partial charge < -0.3 is 9.47 Å². The molecule has 6 nitrogen and oxygen atoms in total. The molecule has 1 aromatic rings. The van der Waals surface area contributed by atoms with Crippen LogP contribution in [0.2, 0.25) is 5.02 Å². The van der Waals surface area contributed by atoms with Crippen LogP contribution in [-0.4, -0.2) is 35.6 Å². The summed E-state index contributed by atoms with van der Waals surface area (Å²) >= 11 is 6.19. The SMILES string of the molecule is CCCCCCCCCCCCOC(=O)c1ccc(Cl)c(CN2C(=O)OC(C)C2=O)c1. The van der Waals surface area contributed by atoms with Gasteiger partial charge in [-0.15, -0.1) is 0 Å². The highest BCUT2D eigenvalue weighted by molar-refractivity contribution is 6.31. The quantitative estimate of drug-likeness (QED) is 0.245. The predicted molar refractivity (Wildman–Crippen MR) is 120 cm³/mol. The Morgan fingerprint density at radius 3 is 2.23 bits per heavy atom. The fraction of sp³-hybridized carbons (Fsp3) is 0.625. The standard InChI is InChI=1S/C24H34ClNO5/c1-3-4-5-6-7-8-9-10-11-12-15-30-23(28)19-13-14-21(25)20(16-19)17-26-22(27)18(2)31-24(26)29/h13-14,16,18H,3-12,15,17H2,1-2H3. The van der Waals surface area contributed by atoms with Crippen molar-refractivity contribution in [2.75, 3.05) is 6.61 Å². The summed E-state index contributed by atoms with van der Waals surface area (Å²) in [5, 5.41) is 0.367. The molecule has 1 unspecified atom stereocenters. The molecule has 1 saturated heterocycles. The number of ether oxygens (including phenoxy) is 2. The van der Waals surface area contributed by atoms with Crippen LogP contribution >= 0.6 is 11.6 Å². The van der Waals surface area contributed by atoms with Gasteiger partial charge in [0.25, 0.3) is 5.91 Å². The second-order valence-electron chi connectivity index (χ2n) is 8.07. The molecule has 2 rings (SSSR count). The van der Waals surface area contributed by atoms with Crippen LogP contribution in [0.25, 0.3) is 0 Å². The minimum Gasteiger partial charge on any atom is -0.462 e. The van der Waals surface area contributed by atoms with Gasteiger partial charge in [-0.05, 0) is 37.1 Å². The minimum atomic E-state index is -0.805. The van der Waals surface area contributed by atoms with E-state index in [1.54, 1.807) is 18.2 Å². The molecular formula is C24H34ClNO5. The molecule has 7 heteroatoms. The molecular weight excluding hydrogens is 418 g/mol. The van der Waals surface area contributed by atoms with Crippen molar-refractivity contribution < 1.29 is 23.9 Å². The summed E-state index contributed by atoms with van der Waals surface area (Å²) in [6, 6.07) is 4.72. The molecule has 1 aromatic carbocycles. The van der Waals surface area contributed by atoms with Gasteiger partial charge >= 0.3 is 12.1 Å². The molecule has 1 aliphatic heterocycles. The highest BCUT2D eigenvalue weighted by atomic mass is 35.5. The Morgan fingerprint density at radius 1 is 1.03 bits per heavy atom. The summed E-state index contributed by atoms with van der Waals surface area (Å²) in [6.07, 6.45) is 10.7. The highest BCUT2D eigenvalue weighted by Gasteiger charge is 2.37. The van der Waals surface area contributed by atoms with Crippen molar-refractivity contribution in [2.45, 2.75) is 90.7 Å². The monoisotopic (exact) mass is 451 g/mol. The lowest BCUT2D eigenvalue weighted by molar-refractivity contribution is -0.129. The van der Waals surface area contributed by atoms with Crippen LogP contribution in [0.3, 0.4) is 0 Å². The number of esters is 1. The number of hydrogen-bond acceptors (Lipinski definition) is 5. The summed E-state index contributed by atoms with van der Waals surface area (Å²) in [7, 11) is 0. The number of halogens is 1. The Morgan fingerprint density at radius 2 is 1.65 bits per heavy atom. The number of carbonyl (C=O) groups excluding carboxylic acids is 3. The first-order chi connectivity index (χ1) is 14.9. The number of cyclic esters (lactones) is 1. The van der Waals surface area contributed by atoms with Crippen molar-refractivity contribution in [3.8, 4) is 0 Å². The Balaban J connectivity index is 1.70. The molecule has 0 saturated carbocycles. The third kappa shape index (κ3) is 8.17. The average molecular weight is 452 g/mol. The summed E-state index contributed by atoms with van der Waals surface area (Å²) in [5.41, 5.74) is 0.842. The topological polar surface area (TPSA) is 72.9 Å². The van der Waals surface area contributed by atoms with Gasteiger partial charge in [0.2, 0.25) is 0 Å². The van der Waals surface area contributed by atoms with Gasteiger partial charge in [0.15, 0.2) is 6.10 Å². The van der Waals surface area contributed by atoms with Crippen LogP contribution < -0.4 is 0 Å². The second kappa shape index (κ2) is 13.4. The van der Waals surface area contributed by atoms with Crippen LogP contribution in [0.15, 0.2) is 18.2 Å². The lowest BCUT2D eigenvalue weighted by Crippen LogP contribution is -2.30. The maximum absolute atomic E-state index is 12.3. The van der Waals surface area contributed by atoms with E-state index in [0.29, 0.717) is 22.8 Å². The van der Waals surface area contributed by atoms with E-state index in [0.717, 1.165) is 24.2 Å². The number of amides is 2. The third-order valence-corrected chi connectivity index (χ3v) is 5.82. The molecule has 172 valence electrons. The number of rotatable bonds is 14. The van der Waals surface area contributed by atoms with E-state index >= 15 is 0 Å². The van der Waals surface area contributed by atoms with Crippen LogP contribution in [0.1, 0.15) is 94.0 Å². The maximum Gasteiger partial charge on any atom is 0.417 e. The number of carbonyl (C=O) groups is 3. The van der Waals surface area contributed by atoms with Crippen LogP contribution in [0.5, 0.6) is 0 Å². The first-order valence-electron chi connectivity index (χ1n) is 11.4. The summed E-state index contributed by atoms with van der Waals surface area (Å²) in [6.45, 7) is 4.08. The van der Waals surface area contributed by atoms with E-state index in [1.165, 1.54) is 51.9 Å². The fourth-order valence-electron chi connectivity index (χ4n) is 3.55. The molecule has 1 fully saturated rings. The maximum atomic E-state index is 12.3. The highest BCUT2D eigenvalue weighted by Crippen LogP contribution is 2.23. The van der Waals surface area contributed by atoms with E-state index in [2.05, 4.69) is 6.92 Å². The van der Waals surface area contributed by atoms with Crippen LogP contribution in [0, 0.1) is 0 Å². The van der Waals surface area contributed by atoms with Crippen LogP contribution in [-0.2, 0) is 20.8 Å². The second-order valence-corrected chi connectivity index (χ2v) is 8.48. The molecule has 1 heterocycles. The van der Waals surface area contributed by atoms with Gasteiger partial charge in [-0.25, -0.2) is 14.5 Å². The Kier molecular flexibility index (Phi) is 10.9. The molecule has 0 radical (unpaired) electrons. The Labute approximate surface area is 190 Å². The zero-order valence-corrected chi connectivity index (χ0v) is 19.4. The number of hydrogen-bond donors (Lipinski definition) is 0. The normalized spacial score (nSPS) is 16.0. The molecule has 0 N–H and O–H groups in total. The lowest BCUT2D eigenvalue weighted by atomic mass is 10.1. The van der Waals surface area contributed by atoms with Gasteiger partial charge in [0.1, 0.15) is 0 Å². The fourth-order valence-corrected chi connectivity index (χ4v) is 3.73. The molecule has 0 aliphatic carbocycles. The van der Waals surface area contributed by atoms with E-state index in [4.69, 9.17) is 21.1 Å². The van der Waals surface area contributed by atoms with Crippen molar-refractivity contribution >= 4 is 29.6 Å². The van der Waals surface area contributed by atoms with E-state index < -0.39 is 24.1 Å². The molecule has 31 heavy (non-hydrogen) atoms.